The van der Waals surface area contributed by atoms with Crippen molar-refractivity contribution in [2.45, 2.75) is 32.3 Å². The molecule has 0 spiro atoms. The Hall–Kier alpha value is -0.610. The van der Waals surface area contributed by atoms with Crippen LogP contribution in [0.3, 0.4) is 0 Å². The number of hydrogen-bond donors (Lipinski definition) is 2. The van der Waals surface area contributed by atoms with E-state index in [1.807, 2.05) is 6.92 Å². The highest BCUT2D eigenvalue weighted by molar-refractivity contribution is 5.72. The molecule has 0 aliphatic rings. The van der Waals surface area contributed by atoms with Crippen LogP contribution in [0.2, 0.25) is 0 Å². The van der Waals surface area contributed by atoms with Gasteiger partial charge in [0, 0.05) is 6.61 Å². The van der Waals surface area contributed by atoms with E-state index in [-0.39, 0.29) is 0 Å². The number of ether oxygens (including phenoxy) is 1. The summed E-state index contributed by atoms with van der Waals surface area (Å²) in [6, 6.07) is 0. The fraction of sp³-hybridized carbons (Fsp3) is 0.875. The highest BCUT2D eigenvalue weighted by Gasteiger charge is 2.15. The molecule has 0 heterocycles. The maximum Gasteiger partial charge on any atom is 0.332 e. The summed E-state index contributed by atoms with van der Waals surface area (Å²) < 4.78 is 5.10. The molecule has 0 aromatic heterocycles. The van der Waals surface area contributed by atoms with E-state index in [0.29, 0.717) is 19.6 Å². The minimum atomic E-state index is -0.920. The molecular formula is C8H17NO3. The lowest BCUT2D eigenvalue weighted by Crippen LogP contribution is -2.27. The van der Waals surface area contributed by atoms with Crippen molar-refractivity contribution < 1.29 is 14.6 Å². The number of unbranched alkanes of at least 4 members (excludes halogenated alkanes) is 1. The predicted octanol–water partition coefficient (Wildman–Crippen LogP) is 0.605. The van der Waals surface area contributed by atoms with Crippen molar-refractivity contribution in [2.24, 2.45) is 5.73 Å². The molecular weight excluding hydrogens is 158 g/mol. The van der Waals surface area contributed by atoms with E-state index in [2.05, 4.69) is 0 Å². The highest BCUT2D eigenvalue weighted by Crippen LogP contribution is 1.99. The lowest BCUT2D eigenvalue weighted by molar-refractivity contribution is -0.150. The molecule has 0 radical (unpaired) electrons. The van der Waals surface area contributed by atoms with Crippen LogP contribution in [0.4, 0.5) is 0 Å². The summed E-state index contributed by atoms with van der Waals surface area (Å²) in [5.41, 5.74) is 5.23. The van der Waals surface area contributed by atoms with Gasteiger partial charge in [-0.25, -0.2) is 4.79 Å². The van der Waals surface area contributed by atoms with Gasteiger partial charge in [0.15, 0.2) is 6.10 Å². The van der Waals surface area contributed by atoms with E-state index in [1.165, 1.54) is 0 Å². The molecule has 4 nitrogen and oxygen atoms in total. The van der Waals surface area contributed by atoms with Gasteiger partial charge in [0.05, 0.1) is 0 Å². The molecule has 1 atom stereocenters. The number of hydrogen-bond acceptors (Lipinski definition) is 3. The van der Waals surface area contributed by atoms with Crippen molar-refractivity contribution in [2.75, 3.05) is 13.2 Å². The first-order valence-electron chi connectivity index (χ1n) is 4.26. The molecule has 0 fully saturated rings. The molecule has 12 heavy (non-hydrogen) atoms. The summed E-state index contributed by atoms with van der Waals surface area (Å²) in [5, 5.41) is 8.62. The van der Waals surface area contributed by atoms with Crippen LogP contribution in [0, 0.1) is 0 Å². The topological polar surface area (TPSA) is 72.5 Å². The zero-order valence-electron chi connectivity index (χ0n) is 7.45. The Balaban J connectivity index is 3.56. The number of aliphatic carboxylic acids is 1. The summed E-state index contributed by atoms with van der Waals surface area (Å²) in [5.74, 6) is -0.920. The first-order chi connectivity index (χ1) is 5.72. The van der Waals surface area contributed by atoms with Crippen LogP contribution < -0.4 is 5.73 Å². The molecule has 0 rings (SSSR count). The molecule has 0 amide bonds. The van der Waals surface area contributed by atoms with Crippen molar-refractivity contribution >= 4 is 5.97 Å². The number of carbonyl (C=O) groups is 1. The molecule has 4 heteroatoms. The summed E-state index contributed by atoms with van der Waals surface area (Å²) in [7, 11) is 0. The highest BCUT2D eigenvalue weighted by atomic mass is 16.5. The van der Waals surface area contributed by atoms with Gasteiger partial charge in [0.1, 0.15) is 0 Å². The first-order valence-corrected chi connectivity index (χ1v) is 4.26. The predicted molar refractivity (Wildman–Crippen MR) is 46.0 cm³/mol. The van der Waals surface area contributed by atoms with Crippen LogP contribution in [0.15, 0.2) is 0 Å². The van der Waals surface area contributed by atoms with Gasteiger partial charge in [-0.2, -0.15) is 0 Å². The van der Waals surface area contributed by atoms with Crippen LogP contribution in [-0.2, 0) is 9.53 Å². The van der Waals surface area contributed by atoms with Gasteiger partial charge >= 0.3 is 5.97 Å². The molecule has 1 unspecified atom stereocenters. The van der Waals surface area contributed by atoms with Crippen LogP contribution in [0.25, 0.3) is 0 Å². The van der Waals surface area contributed by atoms with Crippen molar-refractivity contribution in [3.8, 4) is 0 Å². The zero-order chi connectivity index (χ0) is 9.40. The maximum atomic E-state index is 10.5. The van der Waals surface area contributed by atoms with Gasteiger partial charge in [0.2, 0.25) is 0 Å². The van der Waals surface area contributed by atoms with Crippen LogP contribution >= 0.6 is 0 Å². The Morgan fingerprint density at radius 2 is 2.33 bits per heavy atom. The number of rotatable bonds is 7. The van der Waals surface area contributed by atoms with Crippen LogP contribution in [-0.4, -0.2) is 30.3 Å². The van der Waals surface area contributed by atoms with E-state index in [0.717, 1.165) is 12.8 Å². The lowest BCUT2D eigenvalue weighted by Gasteiger charge is -2.11. The number of carboxylic acid groups (broad SMARTS) is 1. The third-order valence-electron chi connectivity index (χ3n) is 1.52. The average molecular weight is 175 g/mol. The SMILES string of the molecule is CCCCOC(CCN)C(=O)O. The van der Waals surface area contributed by atoms with Gasteiger partial charge in [-0.05, 0) is 19.4 Å². The lowest BCUT2D eigenvalue weighted by atomic mass is 10.2. The average Bonchev–Trinajstić information content (AvgIpc) is 2.03. The molecule has 0 aromatic carbocycles. The zero-order valence-corrected chi connectivity index (χ0v) is 7.45. The summed E-state index contributed by atoms with van der Waals surface area (Å²) >= 11 is 0. The Morgan fingerprint density at radius 3 is 2.75 bits per heavy atom. The minimum Gasteiger partial charge on any atom is -0.479 e. The molecule has 3 N–H and O–H groups in total. The molecule has 0 saturated heterocycles. The van der Waals surface area contributed by atoms with E-state index in [1.54, 1.807) is 0 Å². The quantitative estimate of drug-likeness (QED) is 0.556. The Labute approximate surface area is 72.7 Å². The van der Waals surface area contributed by atoms with Gasteiger partial charge in [0.25, 0.3) is 0 Å². The summed E-state index contributed by atoms with van der Waals surface area (Å²) in [4.78, 5) is 10.5. The molecule has 0 saturated carbocycles. The smallest absolute Gasteiger partial charge is 0.332 e. The van der Waals surface area contributed by atoms with Gasteiger partial charge in [-0.3, -0.25) is 0 Å². The molecule has 0 aliphatic heterocycles. The van der Waals surface area contributed by atoms with Crippen molar-refractivity contribution in [3.63, 3.8) is 0 Å². The third-order valence-corrected chi connectivity index (χ3v) is 1.52. The maximum absolute atomic E-state index is 10.5. The minimum absolute atomic E-state index is 0.350. The van der Waals surface area contributed by atoms with Gasteiger partial charge in [-0.15, -0.1) is 0 Å². The van der Waals surface area contributed by atoms with E-state index in [4.69, 9.17) is 15.6 Å². The van der Waals surface area contributed by atoms with Crippen molar-refractivity contribution in [1.29, 1.82) is 0 Å². The van der Waals surface area contributed by atoms with Crippen molar-refractivity contribution in [1.82, 2.24) is 0 Å². The Bertz CT molecular complexity index is 127. The van der Waals surface area contributed by atoms with Gasteiger partial charge in [-0.1, -0.05) is 13.3 Å². The first kappa shape index (κ1) is 11.4. The van der Waals surface area contributed by atoms with Crippen LogP contribution in [0.1, 0.15) is 26.2 Å². The summed E-state index contributed by atoms with van der Waals surface area (Å²) in [6.07, 6.45) is 1.57. The van der Waals surface area contributed by atoms with Crippen molar-refractivity contribution in [3.05, 3.63) is 0 Å². The summed E-state index contributed by atoms with van der Waals surface area (Å²) in [6.45, 7) is 2.89. The van der Waals surface area contributed by atoms with Gasteiger partial charge < -0.3 is 15.6 Å². The fourth-order valence-corrected chi connectivity index (χ4v) is 0.799. The van der Waals surface area contributed by atoms with E-state index < -0.39 is 12.1 Å². The molecule has 0 aliphatic carbocycles. The number of carboxylic acids is 1. The van der Waals surface area contributed by atoms with Crippen LogP contribution in [0.5, 0.6) is 0 Å². The van der Waals surface area contributed by atoms with E-state index >= 15 is 0 Å². The normalized spacial score (nSPS) is 12.8. The Morgan fingerprint density at radius 1 is 1.67 bits per heavy atom. The van der Waals surface area contributed by atoms with E-state index in [9.17, 15) is 4.79 Å². The molecule has 0 bridgehead atoms. The largest absolute Gasteiger partial charge is 0.479 e. The Kier molecular flexibility index (Phi) is 6.70. The monoisotopic (exact) mass is 175 g/mol. The fourth-order valence-electron chi connectivity index (χ4n) is 0.799. The second-order valence-corrected chi connectivity index (χ2v) is 2.63. The molecule has 72 valence electrons. The standard InChI is InChI=1S/C8H17NO3/c1-2-3-6-12-7(4-5-9)8(10)11/h7H,2-6,9H2,1H3,(H,10,11). The second kappa shape index (κ2) is 7.06. The number of nitrogens with two attached hydrogens (primary N) is 1. The molecule has 0 aromatic rings. The second-order valence-electron chi connectivity index (χ2n) is 2.63. The third kappa shape index (κ3) is 5.09.